The van der Waals surface area contributed by atoms with Gasteiger partial charge in [-0.2, -0.15) is 0 Å². The highest BCUT2D eigenvalue weighted by Crippen LogP contribution is 2.22. The molecule has 4 heteroatoms. The molecular formula is C20H26N2O2. The van der Waals surface area contributed by atoms with Gasteiger partial charge in [0.25, 0.3) is 0 Å². The summed E-state index contributed by atoms with van der Waals surface area (Å²) in [4.78, 5) is 11.9. The molecule has 0 saturated heterocycles. The molecule has 24 heavy (non-hydrogen) atoms. The average Bonchev–Trinajstić information content (AvgIpc) is 2.55. The number of carbonyl (C=O) groups is 1. The summed E-state index contributed by atoms with van der Waals surface area (Å²) < 4.78 is 5.85. The lowest BCUT2D eigenvalue weighted by atomic mass is 10.1. The number of amides is 1. The number of rotatable bonds is 8. The number of anilines is 1. The normalized spacial score (nSPS) is 10.5. The van der Waals surface area contributed by atoms with Crippen molar-refractivity contribution in [1.29, 1.82) is 0 Å². The highest BCUT2D eigenvalue weighted by molar-refractivity contribution is 5.91. The monoisotopic (exact) mass is 326 g/mol. The maximum Gasteiger partial charge on any atom is 0.224 e. The molecule has 0 atom stereocenters. The lowest BCUT2D eigenvalue weighted by Crippen LogP contribution is -2.15. The Morgan fingerprint density at radius 3 is 2.67 bits per heavy atom. The van der Waals surface area contributed by atoms with E-state index < -0.39 is 0 Å². The minimum absolute atomic E-state index is 0.0433. The van der Waals surface area contributed by atoms with Crippen molar-refractivity contribution in [3.63, 3.8) is 0 Å². The molecule has 0 fully saturated rings. The van der Waals surface area contributed by atoms with E-state index in [-0.39, 0.29) is 5.91 Å². The van der Waals surface area contributed by atoms with Crippen molar-refractivity contribution in [3.05, 3.63) is 59.2 Å². The fourth-order valence-electron chi connectivity index (χ4n) is 2.47. The lowest BCUT2D eigenvalue weighted by Gasteiger charge is -2.12. The second kappa shape index (κ2) is 9.08. The van der Waals surface area contributed by atoms with Crippen LogP contribution in [0.3, 0.4) is 0 Å². The molecule has 0 aliphatic heterocycles. The number of nitrogens with one attached hydrogen (secondary N) is 2. The van der Waals surface area contributed by atoms with Gasteiger partial charge in [0.15, 0.2) is 0 Å². The van der Waals surface area contributed by atoms with Crippen LogP contribution in [0, 0.1) is 13.8 Å². The number of carbonyl (C=O) groups excluding carboxylic acids is 1. The number of aryl methyl sites for hydroxylation is 2. The zero-order valence-corrected chi connectivity index (χ0v) is 14.7. The minimum Gasteiger partial charge on any atom is -0.489 e. The quantitative estimate of drug-likeness (QED) is 0.725. The van der Waals surface area contributed by atoms with Gasteiger partial charge in [-0.25, -0.2) is 0 Å². The zero-order valence-electron chi connectivity index (χ0n) is 14.7. The molecule has 1 amide bonds. The molecule has 0 unspecified atom stereocenters. The standard InChI is InChI=1S/C20H26N2O2/c1-15-6-4-7-17(12-15)14-24-18-9-10-19(16(2)13-18)22-20(23)8-5-11-21-3/h4,6-7,9-10,12-13,21H,5,8,11,14H2,1-3H3,(H,22,23). The first-order chi connectivity index (χ1) is 11.6. The second-order valence-electron chi connectivity index (χ2n) is 6.01. The number of ether oxygens (including phenoxy) is 1. The van der Waals surface area contributed by atoms with Crippen LogP contribution in [0.25, 0.3) is 0 Å². The molecule has 0 bridgehead atoms. The maximum absolute atomic E-state index is 11.9. The zero-order chi connectivity index (χ0) is 17.4. The van der Waals surface area contributed by atoms with Gasteiger partial charge in [0.1, 0.15) is 12.4 Å². The number of hydrogen-bond acceptors (Lipinski definition) is 3. The van der Waals surface area contributed by atoms with Crippen molar-refractivity contribution in [2.24, 2.45) is 0 Å². The average molecular weight is 326 g/mol. The first kappa shape index (κ1) is 18.0. The van der Waals surface area contributed by atoms with Gasteiger partial charge < -0.3 is 15.4 Å². The molecule has 0 aromatic heterocycles. The predicted molar refractivity (Wildman–Crippen MR) is 98.5 cm³/mol. The molecule has 4 nitrogen and oxygen atoms in total. The van der Waals surface area contributed by atoms with Gasteiger partial charge in [0.2, 0.25) is 5.91 Å². The first-order valence-electron chi connectivity index (χ1n) is 8.32. The summed E-state index contributed by atoms with van der Waals surface area (Å²) >= 11 is 0. The third-order valence-corrected chi connectivity index (χ3v) is 3.79. The highest BCUT2D eigenvalue weighted by Gasteiger charge is 2.06. The van der Waals surface area contributed by atoms with Gasteiger partial charge >= 0.3 is 0 Å². The molecule has 128 valence electrons. The van der Waals surface area contributed by atoms with Crippen LogP contribution in [0.5, 0.6) is 5.75 Å². The summed E-state index contributed by atoms with van der Waals surface area (Å²) in [5, 5.41) is 6.00. The Morgan fingerprint density at radius 2 is 1.96 bits per heavy atom. The van der Waals surface area contributed by atoms with E-state index in [0.717, 1.165) is 35.5 Å². The third kappa shape index (κ3) is 5.70. The van der Waals surface area contributed by atoms with Crippen molar-refractivity contribution in [2.75, 3.05) is 18.9 Å². The van der Waals surface area contributed by atoms with Crippen LogP contribution in [0.4, 0.5) is 5.69 Å². The lowest BCUT2D eigenvalue weighted by molar-refractivity contribution is -0.116. The summed E-state index contributed by atoms with van der Waals surface area (Å²) in [5.74, 6) is 0.851. The summed E-state index contributed by atoms with van der Waals surface area (Å²) in [6, 6.07) is 14.0. The SMILES string of the molecule is CNCCCC(=O)Nc1ccc(OCc2cccc(C)c2)cc1C. The van der Waals surface area contributed by atoms with Gasteiger partial charge in [0.05, 0.1) is 0 Å². The Hall–Kier alpha value is -2.33. The Morgan fingerprint density at radius 1 is 1.12 bits per heavy atom. The Kier molecular flexibility index (Phi) is 6.82. The maximum atomic E-state index is 11.9. The molecule has 0 radical (unpaired) electrons. The molecule has 2 aromatic carbocycles. The largest absolute Gasteiger partial charge is 0.489 e. The van der Waals surface area contributed by atoms with Crippen LogP contribution < -0.4 is 15.4 Å². The van der Waals surface area contributed by atoms with Crippen LogP contribution in [-0.2, 0) is 11.4 Å². The van der Waals surface area contributed by atoms with E-state index in [1.807, 2.05) is 38.2 Å². The van der Waals surface area contributed by atoms with Gasteiger partial charge in [-0.05, 0) is 63.2 Å². The molecule has 0 heterocycles. The molecule has 0 spiro atoms. The Labute approximate surface area is 144 Å². The Balaban J connectivity index is 1.90. The molecule has 2 aromatic rings. The molecule has 2 N–H and O–H groups in total. The van der Waals surface area contributed by atoms with Crippen LogP contribution >= 0.6 is 0 Å². The Bertz CT molecular complexity index is 683. The molecular weight excluding hydrogens is 300 g/mol. The molecule has 2 rings (SSSR count). The first-order valence-corrected chi connectivity index (χ1v) is 8.32. The molecule has 0 saturated carbocycles. The fraction of sp³-hybridized carbons (Fsp3) is 0.350. The van der Waals surface area contributed by atoms with Crippen LogP contribution in [-0.4, -0.2) is 19.5 Å². The minimum atomic E-state index is 0.0433. The van der Waals surface area contributed by atoms with E-state index in [1.165, 1.54) is 5.56 Å². The summed E-state index contributed by atoms with van der Waals surface area (Å²) in [6.07, 6.45) is 1.35. The van der Waals surface area contributed by atoms with E-state index >= 15 is 0 Å². The van der Waals surface area contributed by atoms with Gasteiger partial charge in [-0.3, -0.25) is 4.79 Å². The summed E-state index contributed by atoms with van der Waals surface area (Å²) in [5.41, 5.74) is 4.21. The van der Waals surface area contributed by atoms with Crippen molar-refractivity contribution >= 4 is 11.6 Å². The van der Waals surface area contributed by atoms with E-state index in [1.54, 1.807) is 0 Å². The van der Waals surface area contributed by atoms with E-state index in [4.69, 9.17) is 4.74 Å². The van der Waals surface area contributed by atoms with Crippen LogP contribution in [0.2, 0.25) is 0 Å². The number of benzene rings is 2. The third-order valence-electron chi connectivity index (χ3n) is 3.79. The van der Waals surface area contributed by atoms with Crippen LogP contribution in [0.1, 0.15) is 29.5 Å². The molecule has 0 aliphatic rings. The highest BCUT2D eigenvalue weighted by atomic mass is 16.5. The van der Waals surface area contributed by atoms with Crippen molar-refractivity contribution < 1.29 is 9.53 Å². The van der Waals surface area contributed by atoms with Crippen molar-refractivity contribution in [1.82, 2.24) is 5.32 Å². The molecule has 0 aliphatic carbocycles. The summed E-state index contributed by atoms with van der Waals surface area (Å²) in [7, 11) is 1.89. The van der Waals surface area contributed by atoms with E-state index in [2.05, 4.69) is 35.8 Å². The van der Waals surface area contributed by atoms with E-state index in [9.17, 15) is 4.79 Å². The predicted octanol–water partition coefficient (Wildman–Crippen LogP) is 3.82. The van der Waals surface area contributed by atoms with E-state index in [0.29, 0.717) is 13.0 Å². The number of hydrogen-bond donors (Lipinski definition) is 2. The van der Waals surface area contributed by atoms with Crippen molar-refractivity contribution in [2.45, 2.75) is 33.3 Å². The van der Waals surface area contributed by atoms with Gasteiger partial charge in [-0.1, -0.05) is 29.8 Å². The van der Waals surface area contributed by atoms with Crippen molar-refractivity contribution in [3.8, 4) is 5.75 Å². The topological polar surface area (TPSA) is 50.4 Å². The fourth-order valence-corrected chi connectivity index (χ4v) is 2.47. The summed E-state index contributed by atoms with van der Waals surface area (Å²) in [6.45, 7) is 5.43. The van der Waals surface area contributed by atoms with Gasteiger partial charge in [-0.15, -0.1) is 0 Å². The second-order valence-corrected chi connectivity index (χ2v) is 6.01. The smallest absolute Gasteiger partial charge is 0.224 e. The van der Waals surface area contributed by atoms with Crippen LogP contribution in [0.15, 0.2) is 42.5 Å². The van der Waals surface area contributed by atoms with Gasteiger partial charge in [0, 0.05) is 12.1 Å².